The first kappa shape index (κ1) is 31.0. The van der Waals surface area contributed by atoms with Crippen molar-refractivity contribution in [2.24, 2.45) is 0 Å². The highest BCUT2D eigenvalue weighted by atomic mass is 35.5. The van der Waals surface area contributed by atoms with Gasteiger partial charge in [0.2, 0.25) is 0 Å². The topological polar surface area (TPSA) is 58.6 Å². The monoisotopic (exact) mass is 632 g/mol. The number of carbonyl (C=O) groups is 2. The van der Waals surface area contributed by atoms with Gasteiger partial charge in [-0.25, -0.2) is 4.39 Å². The van der Waals surface area contributed by atoms with Gasteiger partial charge >= 0.3 is 6.18 Å². The maximum atomic E-state index is 14.6. The number of benzene rings is 3. The number of halogens is 5. The van der Waals surface area contributed by atoms with E-state index >= 15 is 0 Å². The molecule has 0 unspecified atom stereocenters. The number of nitrogens with one attached hydrogen (secondary N) is 1. The molecule has 0 spiro atoms. The predicted molar refractivity (Wildman–Crippen MR) is 161 cm³/mol. The van der Waals surface area contributed by atoms with E-state index in [4.69, 9.17) is 16.3 Å². The van der Waals surface area contributed by atoms with Gasteiger partial charge in [0.25, 0.3) is 11.7 Å². The summed E-state index contributed by atoms with van der Waals surface area (Å²) in [7, 11) is 3.44. The van der Waals surface area contributed by atoms with E-state index < -0.39 is 23.3 Å². The normalized spacial score (nSPS) is 17.2. The number of thiophene rings is 1. The molecule has 4 aromatic rings. The van der Waals surface area contributed by atoms with Crippen LogP contribution in [0, 0.1) is 5.82 Å². The van der Waals surface area contributed by atoms with Crippen LogP contribution < -0.4 is 10.1 Å². The Hall–Kier alpha value is -3.47. The molecule has 1 N–H and O–H groups in total. The minimum absolute atomic E-state index is 0.0891. The number of carbonyl (C=O) groups excluding carboxylic acids is 2. The highest BCUT2D eigenvalue weighted by molar-refractivity contribution is 7.21. The lowest BCUT2D eigenvalue weighted by Crippen LogP contribution is -2.44. The van der Waals surface area contributed by atoms with E-state index in [1.165, 1.54) is 25.3 Å². The average Bonchev–Trinajstić information content (AvgIpc) is 3.36. The van der Waals surface area contributed by atoms with Gasteiger partial charge in [-0.15, -0.1) is 11.3 Å². The summed E-state index contributed by atoms with van der Waals surface area (Å²) in [6.45, 7) is 0.169. The first-order valence-corrected chi connectivity index (χ1v) is 14.9. The minimum Gasteiger partial charge on any atom is -0.496 e. The van der Waals surface area contributed by atoms with E-state index in [0.29, 0.717) is 33.2 Å². The van der Waals surface area contributed by atoms with E-state index in [1.54, 1.807) is 29.2 Å². The standard InChI is InChI=1S/C32H29ClF4N2O3S/c1-38-22-11-13-23(14-12-22)39(31(41)29-28(33)27-24(34)4-3-5-26(27)43-29)17-21-16-20(10-15-25(21)42-2)18-6-8-19(9-7-18)30(40)32(35,36)37/h3-10,15-16,22-23,38H,11-14,17H2,1-2H3. The highest BCUT2D eigenvalue weighted by Crippen LogP contribution is 2.39. The molecule has 1 saturated carbocycles. The van der Waals surface area contributed by atoms with E-state index in [1.807, 2.05) is 13.1 Å². The molecule has 43 heavy (non-hydrogen) atoms. The zero-order valence-corrected chi connectivity index (χ0v) is 25.0. The number of fused-ring (bicyclic) bond motifs is 1. The third kappa shape index (κ3) is 6.41. The zero-order chi connectivity index (χ0) is 30.9. The summed E-state index contributed by atoms with van der Waals surface area (Å²) in [5.74, 6) is -2.17. The number of nitrogens with zero attached hydrogens (tertiary/aromatic N) is 1. The smallest absolute Gasteiger partial charge is 0.454 e. The number of ether oxygens (including phenoxy) is 1. The van der Waals surface area contributed by atoms with Gasteiger partial charge in [0.05, 0.1) is 12.1 Å². The third-order valence-corrected chi connectivity index (χ3v) is 9.60. The molecule has 5 rings (SSSR count). The molecule has 11 heteroatoms. The number of Topliss-reactive ketones (excluding diaryl/α,β-unsaturated/α-hetero) is 1. The van der Waals surface area contributed by atoms with E-state index in [0.717, 1.165) is 49.2 Å². The Kier molecular flexibility index (Phi) is 9.10. The lowest BCUT2D eigenvalue weighted by molar-refractivity contribution is -0.0885. The first-order valence-electron chi connectivity index (χ1n) is 13.8. The molecule has 1 fully saturated rings. The van der Waals surface area contributed by atoms with Gasteiger partial charge < -0.3 is 15.0 Å². The number of ketones is 1. The van der Waals surface area contributed by atoms with E-state index in [2.05, 4.69) is 5.32 Å². The maximum Gasteiger partial charge on any atom is 0.454 e. The molecule has 0 bridgehead atoms. The second kappa shape index (κ2) is 12.6. The molecule has 1 amide bonds. The summed E-state index contributed by atoms with van der Waals surface area (Å²) >= 11 is 7.76. The highest BCUT2D eigenvalue weighted by Gasteiger charge is 2.39. The number of amides is 1. The van der Waals surface area contributed by atoms with Crippen LogP contribution in [0.15, 0.2) is 60.7 Å². The van der Waals surface area contributed by atoms with Crippen LogP contribution in [0.4, 0.5) is 17.6 Å². The van der Waals surface area contributed by atoms with Gasteiger partial charge in [-0.1, -0.05) is 48.0 Å². The van der Waals surface area contributed by atoms with Crippen LogP contribution in [0.3, 0.4) is 0 Å². The maximum absolute atomic E-state index is 14.6. The molecule has 0 atom stereocenters. The van der Waals surface area contributed by atoms with Crippen molar-refractivity contribution in [3.63, 3.8) is 0 Å². The average molecular weight is 633 g/mol. The van der Waals surface area contributed by atoms with Gasteiger partial charge in [0, 0.05) is 39.8 Å². The van der Waals surface area contributed by atoms with Crippen molar-refractivity contribution < 1.29 is 31.9 Å². The van der Waals surface area contributed by atoms with Crippen LogP contribution in [0.2, 0.25) is 5.02 Å². The molecule has 5 nitrogen and oxygen atoms in total. The molecular formula is C32H29ClF4N2O3S. The second-order valence-corrected chi connectivity index (χ2v) is 11.9. The lowest BCUT2D eigenvalue weighted by Gasteiger charge is -2.37. The van der Waals surface area contributed by atoms with Crippen LogP contribution in [-0.4, -0.2) is 49.0 Å². The molecular weight excluding hydrogens is 604 g/mol. The zero-order valence-electron chi connectivity index (χ0n) is 23.4. The fourth-order valence-electron chi connectivity index (χ4n) is 5.62. The molecule has 226 valence electrons. The molecule has 1 heterocycles. The fourth-order valence-corrected chi connectivity index (χ4v) is 7.13. The quantitative estimate of drug-likeness (QED) is 0.157. The lowest BCUT2D eigenvalue weighted by atomic mass is 9.89. The van der Waals surface area contributed by atoms with Crippen LogP contribution in [0.1, 0.15) is 51.3 Å². The Labute approximate surface area is 255 Å². The number of methoxy groups -OCH3 is 1. The molecule has 1 aliphatic rings. The van der Waals surface area contributed by atoms with Gasteiger partial charge in [0.1, 0.15) is 16.4 Å². The molecule has 1 aromatic heterocycles. The van der Waals surface area contributed by atoms with E-state index in [-0.39, 0.29) is 33.8 Å². The van der Waals surface area contributed by atoms with Crippen LogP contribution >= 0.6 is 22.9 Å². The van der Waals surface area contributed by atoms with Crippen molar-refractivity contribution in [1.82, 2.24) is 10.2 Å². The number of hydrogen-bond acceptors (Lipinski definition) is 5. The summed E-state index contributed by atoms with van der Waals surface area (Å²) in [5.41, 5.74) is 1.51. The van der Waals surface area contributed by atoms with Crippen LogP contribution in [0.5, 0.6) is 5.75 Å². The number of rotatable bonds is 8. The summed E-state index contributed by atoms with van der Waals surface area (Å²) in [5, 5.41) is 3.62. The minimum atomic E-state index is -4.96. The molecule has 0 aliphatic heterocycles. The predicted octanol–water partition coefficient (Wildman–Crippen LogP) is 8.29. The van der Waals surface area contributed by atoms with Gasteiger partial charge in [0.15, 0.2) is 0 Å². The Morgan fingerprint density at radius 2 is 1.70 bits per heavy atom. The van der Waals surface area contributed by atoms with Gasteiger partial charge in [-0.05, 0) is 68.1 Å². The summed E-state index contributed by atoms with van der Waals surface area (Å²) in [6, 6.07) is 15.4. The molecule has 1 aliphatic carbocycles. The van der Waals surface area contributed by atoms with Crippen molar-refractivity contribution in [1.29, 1.82) is 0 Å². The number of alkyl halides is 3. The van der Waals surface area contributed by atoms with Crippen LogP contribution in [0.25, 0.3) is 21.2 Å². The summed E-state index contributed by atoms with van der Waals surface area (Å²) in [4.78, 5) is 27.9. The first-order chi connectivity index (χ1) is 20.5. The fraction of sp³-hybridized carbons (Fsp3) is 0.312. The Morgan fingerprint density at radius 3 is 2.30 bits per heavy atom. The Balaban J connectivity index is 1.51. The van der Waals surface area contributed by atoms with Crippen LogP contribution in [-0.2, 0) is 6.54 Å². The largest absolute Gasteiger partial charge is 0.496 e. The van der Waals surface area contributed by atoms with Gasteiger partial charge in [-0.2, -0.15) is 13.2 Å². The second-order valence-electron chi connectivity index (χ2n) is 10.5. The Bertz CT molecular complexity index is 1650. The molecule has 0 saturated heterocycles. The van der Waals surface area contributed by atoms with Crippen molar-refractivity contribution in [2.75, 3.05) is 14.2 Å². The van der Waals surface area contributed by atoms with E-state index in [9.17, 15) is 27.2 Å². The number of hydrogen-bond donors (Lipinski definition) is 1. The van der Waals surface area contributed by atoms with Crippen molar-refractivity contribution in [2.45, 2.75) is 50.5 Å². The SMILES string of the molecule is CNC1CCC(N(Cc2cc(-c3ccc(C(=O)C(F)(F)F)cc3)ccc2OC)C(=O)c2sc3cccc(F)c3c2Cl)CC1. The van der Waals surface area contributed by atoms with Crippen molar-refractivity contribution >= 4 is 44.7 Å². The van der Waals surface area contributed by atoms with Crippen molar-refractivity contribution in [3.8, 4) is 16.9 Å². The van der Waals surface area contributed by atoms with Crippen molar-refractivity contribution in [3.05, 3.63) is 87.5 Å². The third-order valence-electron chi connectivity index (χ3n) is 7.97. The molecule has 3 aromatic carbocycles. The Morgan fingerprint density at radius 1 is 1.02 bits per heavy atom. The van der Waals surface area contributed by atoms with Gasteiger partial charge in [-0.3, -0.25) is 9.59 Å². The summed E-state index contributed by atoms with van der Waals surface area (Å²) in [6.07, 6.45) is -1.70. The molecule has 0 radical (unpaired) electrons. The summed E-state index contributed by atoms with van der Waals surface area (Å²) < 4.78 is 59.5.